The summed E-state index contributed by atoms with van der Waals surface area (Å²) in [4.78, 5) is 10.1. The maximum Gasteiger partial charge on any atom is 0.505 e. The molecule has 0 spiro atoms. The zero-order valence-corrected chi connectivity index (χ0v) is 14.6. The van der Waals surface area contributed by atoms with E-state index in [1.165, 1.54) is 24.3 Å². The monoisotopic (exact) mass is 416 g/mol. The highest BCUT2D eigenvalue weighted by atomic mass is 32.2. The molecule has 1 heterocycles. The van der Waals surface area contributed by atoms with Gasteiger partial charge in [-0.1, -0.05) is 36.4 Å². The Hall–Kier alpha value is -2.82. The highest BCUT2D eigenvalue weighted by Crippen LogP contribution is 2.35. The number of anilines is 1. The molecule has 2 aromatic rings. The number of alkyl halides is 6. The van der Waals surface area contributed by atoms with Crippen LogP contribution in [0.4, 0.5) is 37.7 Å². The summed E-state index contributed by atoms with van der Waals surface area (Å²) in [5.74, 6) is -0.990. The van der Waals surface area contributed by atoms with Crippen molar-refractivity contribution in [2.24, 2.45) is 15.0 Å². The van der Waals surface area contributed by atoms with Crippen molar-refractivity contribution >= 4 is 39.2 Å². The number of nitrogens with zero attached hydrogens (tertiary/aromatic N) is 4. The van der Waals surface area contributed by atoms with Crippen LogP contribution in [0, 0.1) is 0 Å². The van der Waals surface area contributed by atoms with Gasteiger partial charge in [0.05, 0.1) is 5.69 Å². The summed E-state index contributed by atoms with van der Waals surface area (Å²) >= 11 is 0.359. The van der Waals surface area contributed by atoms with E-state index in [-0.39, 0.29) is 10.9 Å². The fourth-order valence-corrected chi connectivity index (χ4v) is 3.25. The highest BCUT2D eigenvalue weighted by molar-refractivity contribution is 8.29. The van der Waals surface area contributed by atoms with Crippen molar-refractivity contribution in [3.8, 4) is 0 Å². The maximum absolute atomic E-state index is 13.0. The lowest BCUT2D eigenvalue weighted by atomic mass is 10.3. The van der Waals surface area contributed by atoms with Crippen LogP contribution in [0.3, 0.4) is 0 Å². The average molecular weight is 416 g/mol. The van der Waals surface area contributed by atoms with Gasteiger partial charge in [0.15, 0.2) is 16.0 Å². The van der Waals surface area contributed by atoms with E-state index >= 15 is 0 Å². The van der Waals surface area contributed by atoms with Gasteiger partial charge in [0.1, 0.15) is 0 Å². The maximum atomic E-state index is 13.0. The van der Waals surface area contributed by atoms with Gasteiger partial charge in [-0.3, -0.25) is 4.90 Å². The molecule has 11 heteroatoms. The molecule has 0 bridgehead atoms. The Bertz CT molecular complexity index is 920. The predicted octanol–water partition coefficient (Wildman–Crippen LogP) is 5.76. The number of hydrogen-bond acceptors (Lipinski definition) is 4. The van der Waals surface area contributed by atoms with E-state index < -0.39 is 23.5 Å². The number of aliphatic imine (C=N–C) groups is 3. The second-order valence-electron chi connectivity index (χ2n) is 5.29. The summed E-state index contributed by atoms with van der Waals surface area (Å²) in [6, 6.07) is 15.7. The molecule has 0 radical (unpaired) electrons. The molecule has 1 aliphatic rings. The Balaban J connectivity index is 2.20. The summed E-state index contributed by atoms with van der Waals surface area (Å²) in [7, 11) is 0. The van der Waals surface area contributed by atoms with E-state index in [9.17, 15) is 26.3 Å². The van der Waals surface area contributed by atoms with Crippen LogP contribution < -0.4 is 4.90 Å². The third-order valence-electron chi connectivity index (χ3n) is 3.24. The Morgan fingerprint density at radius 1 is 0.714 bits per heavy atom. The van der Waals surface area contributed by atoms with Crippen molar-refractivity contribution in [3.63, 3.8) is 0 Å². The molecule has 1 aliphatic heterocycles. The van der Waals surface area contributed by atoms with Crippen molar-refractivity contribution < 1.29 is 26.3 Å². The number of para-hydroxylation sites is 2. The molecule has 0 atom stereocenters. The lowest BCUT2D eigenvalue weighted by molar-refractivity contribution is -0.121. The van der Waals surface area contributed by atoms with Gasteiger partial charge < -0.3 is 0 Å². The van der Waals surface area contributed by atoms with Gasteiger partial charge in [-0.05, 0) is 36.0 Å². The van der Waals surface area contributed by atoms with Crippen LogP contribution >= 0.6 is 11.8 Å². The summed E-state index contributed by atoms with van der Waals surface area (Å²) < 4.78 is 77.3. The standard InChI is InChI=1S/C17H10F6N4S/c18-16(19,20)25-13-14(26-17(21,22)23)28-15(24-11-7-3-1-4-8-11)27(13)12-9-5-2-6-10-12/h1-10H/b24-15+,25-13+,26-14-. The third kappa shape index (κ3) is 5.12. The molecule has 1 saturated heterocycles. The van der Waals surface area contributed by atoms with Gasteiger partial charge >= 0.3 is 12.6 Å². The van der Waals surface area contributed by atoms with Gasteiger partial charge in [0.2, 0.25) is 0 Å². The normalized spacial score (nSPS) is 19.8. The van der Waals surface area contributed by atoms with Crippen molar-refractivity contribution in [1.29, 1.82) is 0 Å². The number of hydrogen-bond donors (Lipinski definition) is 0. The van der Waals surface area contributed by atoms with Crippen LogP contribution in [0.25, 0.3) is 0 Å². The molecule has 2 aromatic carbocycles. The minimum Gasteiger partial charge on any atom is -0.271 e. The van der Waals surface area contributed by atoms with Crippen molar-refractivity contribution in [3.05, 3.63) is 60.7 Å². The zero-order chi connectivity index (χ0) is 20.4. The minimum atomic E-state index is -5.10. The first kappa shape index (κ1) is 19.9. The van der Waals surface area contributed by atoms with Gasteiger partial charge in [-0.2, -0.15) is 9.98 Å². The molecular formula is C17H10F6N4S. The molecule has 0 aromatic heterocycles. The van der Waals surface area contributed by atoms with Crippen LogP contribution in [0.5, 0.6) is 0 Å². The first-order chi connectivity index (χ1) is 13.1. The Kier molecular flexibility index (Phi) is 5.45. The minimum absolute atomic E-state index is 0.136. The first-order valence-electron chi connectivity index (χ1n) is 7.63. The highest BCUT2D eigenvalue weighted by Gasteiger charge is 2.41. The second kappa shape index (κ2) is 7.66. The van der Waals surface area contributed by atoms with E-state index in [4.69, 9.17) is 0 Å². The van der Waals surface area contributed by atoms with E-state index in [2.05, 4.69) is 15.0 Å². The van der Waals surface area contributed by atoms with Crippen LogP contribution in [-0.4, -0.2) is 28.6 Å². The number of benzene rings is 2. The molecule has 0 N–H and O–H groups in total. The number of thioether (sulfide) groups is 1. The molecule has 28 heavy (non-hydrogen) atoms. The molecule has 0 aliphatic carbocycles. The smallest absolute Gasteiger partial charge is 0.271 e. The largest absolute Gasteiger partial charge is 0.505 e. The molecular weight excluding hydrogens is 406 g/mol. The lowest BCUT2D eigenvalue weighted by Gasteiger charge is -2.19. The zero-order valence-electron chi connectivity index (χ0n) is 13.7. The van der Waals surface area contributed by atoms with Gasteiger partial charge in [-0.25, -0.2) is 4.99 Å². The molecule has 146 valence electrons. The SMILES string of the molecule is FC(F)(F)/N=C1\S/C(=N/c2ccccc2)N(c2ccccc2)\C1=N\C(F)(F)F. The lowest BCUT2D eigenvalue weighted by Crippen LogP contribution is -2.33. The van der Waals surface area contributed by atoms with Crippen molar-refractivity contribution in [2.75, 3.05) is 4.90 Å². The van der Waals surface area contributed by atoms with Crippen molar-refractivity contribution in [1.82, 2.24) is 0 Å². The molecule has 0 unspecified atom stereocenters. The number of halogens is 6. The first-order valence-corrected chi connectivity index (χ1v) is 8.44. The molecule has 3 rings (SSSR count). The van der Waals surface area contributed by atoms with E-state index in [0.29, 0.717) is 17.4 Å². The van der Waals surface area contributed by atoms with E-state index in [1.807, 2.05) is 0 Å². The van der Waals surface area contributed by atoms with Crippen LogP contribution in [0.15, 0.2) is 75.6 Å². The Morgan fingerprint density at radius 3 is 1.79 bits per heavy atom. The third-order valence-corrected chi connectivity index (χ3v) is 4.16. The molecule has 0 saturated carbocycles. The van der Waals surface area contributed by atoms with E-state index in [1.54, 1.807) is 36.4 Å². The summed E-state index contributed by atoms with van der Waals surface area (Å²) in [6.07, 6.45) is -10.2. The van der Waals surface area contributed by atoms with Crippen LogP contribution in [-0.2, 0) is 0 Å². The van der Waals surface area contributed by atoms with Gasteiger partial charge in [0, 0.05) is 5.69 Å². The van der Waals surface area contributed by atoms with Gasteiger partial charge in [0.25, 0.3) is 0 Å². The molecule has 1 fully saturated rings. The van der Waals surface area contributed by atoms with E-state index in [0.717, 1.165) is 4.90 Å². The second-order valence-corrected chi connectivity index (χ2v) is 6.25. The van der Waals surface area contributed by atoms with Crippen molar-refractivity contribution in [2.45, 2.75) is 12.6 Å². The number of amidine groups is 2. The molecule has 4 nitrogen and oxygen atoms in total. The summed E-state index contributed by atoms with van der Waals surface area (Å²) in [5, 5.41) is -1.08. The fourth-order valence-electron chi connectivity index (χ4n) is 2.27. The quantitative estimate of drug-likeness (QED) is 0.461. The van der Waals surface area contributed by atoms with Crippen LogP contribution in [0.2, 0.25) is 0 Å². The summed E-state index contributed by atoms with van der Waals surface area (Å²) in [5.41, 5.74) is 0.519. The van der Waals surface area contributed by atoms with Gasteiger partial charge in [-0.15, -0.1) is 26.3 Å². The average Bonchev–Trinajstić information content (AvgIpc) is 2.90. The Labute approximate surface area is 159 Å². The summed E-state index contributed by atoms with van der Waals surface area (Å²) in [6.45, 7) is 0. The predicted molar refractivity (Wildman–Crippen MR) is 97.0 cm³/mol. The fraction of sp³-hybridized carbons (Fsp3) is 0.118. The topological polar surface area (TPSA) is 40.3 Å². The van der Waals surface area contributed by atoms with Crippen LogP contribution in [0.1, 0.15) is 0 Å². The Morgan fingerprint density at radius 2 is 1.25 bits per heavy atom. The number of rotatable bonds is 2. The molecule has 0 amide bonds.